The molecule has 0 saturated carbocycles. The van der Waals surface area contributed by atoms with Gasteiger partial charge >= 0.3 is 17.9 Å². The maximum Gasteiger partial charge on any atom is 0.306 e. The summed E-state index contributed by atoms with van der Waals surface area (Å²) in [5.74, 6) is 0.775. The van der Waals surface area contributed by atoms with Crippen molar-refractivity contribution in [2.24, 2.45) is 11.8 Å². The summed E-state index contributed by atoms with van der Waals surface area (Å²) in [7, 11) is 0. The van der Waals surface area contributed by atoms with Gasteiger partial charge in [0.25, 0.3) is 0 Å². The molecule has 356 valence electrons. The van der Waals surface area contributed by atoms with Gasteiger partial charge in [-0.3, -0.25) is 14.4 Å². The highest BCUT2D eigenvalue weighted by Gasteiger charge is 2.19. The van der Waals surface area contributed by atoms with Crippen molar-refractivity contribution >= 4 is 17.9 Å². The summed E-state index contributed by atoms with van der Waals surface area (Å²) in [4.78, 5) is 38.0. The first-order valence-corrected chi connectivity index (χ1v) is 26.7. The summed E-state index contributed by atoms with van der Waals surface area (Å²) in [5, 5.41) is 0. The van der Waals surface area contributed by atoms with Crippen LogP contribution in [0.2, 0.25) is 0 Å². The quantitative estimate of drug-likeness (QED) is 0.0345. The molecular formula is C54H104O6. The number of hydrogen-bond donors (Lipinski definition) is 0. The fourth-order valence-corrected chi connectivity index (χ4v) is 8.17. The molecule has 0 aromatic carbocycles. The van der Waals surface area contributed by atoms with Gasteiger partial charge in [-0.25, -0.2) is 0 Å². The number of hydrogen-bond acceptors (Lipinski definition) is 6. The van der Waals surface area contributed by atoms with Crippen LogP contribution in [0, 0.1) is 11.8 Å². The van der Waals surface area contributed by atoms with Gasteiger partial charge in [0.1, 0.15) is 13.2 Å². The molecule has 0 aromatic heterocycles. The summed E-state index contributed by atoms with van der Waals surface area (Å²) >= 11 is 0. The van der Waals surface area contributed by atoms with Gasteiger partial charge in [0.15, 0.2) is 6.10 Å². The molecule has 0 fully saturated rings. The molecule has 0 unspecified atom stereocenters. The Hall–Kier alpha value is -1.59. The molecule has 0 aliphatic heterocycles. The predicted octanol–water partition coefficient (Wildman–Crippen LogP) is 17.3. The van der Waals surface area contributed by atoms with Gasteiger partial charge in [0.2, 0.25) is 0 Å². The smallest absolute Gasteiger partial charge is 0.306 e. The molecule has 0 radical (unpaired) electrons. The van der Waals surface area contributed by atoms with Crippen LogP contribution >= 0.6 is 0 Å². The van der Waals surface area contributed by atoms with Crippen molar-refractivity contribution in [3.05, 3.63) is 0 Å². The number of carbonyl (C=O) groups is 3. The lowest BCUT2D eigenvalue weighted by molar-refractivity contribution is -0.167. The highest BCUT2D eigenvalue weighted by Crippen LogP contribution is 2.17. The Morgan fingerprint density at radius 2 is 0.550 bits per heavy atom. The molecule has 0 N–H and O–H groups in total. The Kier molecular flexibility index (Phi) is 45.7. The normalized spacial score (nSPS) is 12.1. The summed E-state index contributed by atoms with van der Waals surface area (Å²) < 4.78 is 16.8. The second-order valence-electron chi connectivity index (χ2n) is 19.5. The molecule has 0 aliphatic carbocycles. The van der Waals surface area contributed by atoms with E-state index in [1.54, 1.807) is 0 Å². The maximum absolute atomic E-state index is 12.8. The van der Waals surface area contributed by atoms with Crippen LogP contribution in [0.25, 0.3) is 0 Å². The van der Waals surface area contributed by atoms with Crippen molar-refractivity contribution in [2.45, 2.75) is 304 Å². The van der Waals surface area contributed by atoms with Crippen molar-refractivity contribution < 1.29 is 28.6 Å². The van der Waals surface area contributed by atoms with E-state index in [2.05, 4.69) is 34.6 Å². The predicted molar refractivity (Wildman–Crippen MR) is 256 cm³/mol. The molecule has 0 heterocycles. The van der Waals surface area contributed by atoms with Gasteiger partial charge in [-0.1, -0.05) is 259 Å². The molecule has 0 saturated heterocycles. The minimum absolute atomic E-state index is 0.0639. The van der Waals surface area contributed by atoms with Crippen molar-refractivity contribution in [2.75, 3.05) is 13.2 Å². The van der Waals surface area contributed by atoms with E-state index in [0.29, 0.717) is 19.3 Å². The van der Waals surface area contributed by atoms with Crippen LogP contribution in [0.4, 0.5) is 0 Å². The first kappa shape index (κ1) is 58.4. The summed E-state index contributed by atoms with van der Waals surface area (Å²) in [6.45, 7) is 11.3. The molecule has 6 nitrogen and oxygen atoms in total. The molecule has 1 atom stereocenters. The third-order valence-corrected chi connectivity index (χ3v) is 12.2. The number of unbranched alkanes of at least 4 members (excludes halogenated alkanes) is 33. The van der Waals surface area contributed by atoms with Crippen LogP contribution in [0.1, 0.15) is 298 Å². The standard InChI is InChI=1S/C54H104O6/c1-6-7-8-9-10-11-12-13-14-15-16-17-20-24-31-36-41-46-54(57)60-51(48-59-53(56)45-40-35-30-26-25-28-33-38-43-50(4)5)47-58-52(55)44-39-34-29-23-21-18-19-22-27-32-37-42-49(2)3/h49-51H,6-48H2,1-5H3/t51-/m0/s1. The van der Waals surface area contributed by atoms with E-state index in [4.69, 9.17) is 14.2 Å². The number of esters is 3. The average molecular weight is 849 g/mol. The lowest BCUT2D eigenvalue weighted by atomic mass is 10.0. The Morgan fingerprint density at radius 3 is 0.817 bits per heavy atom. The van der Waals surface area contributed by atoms with Crippen LogP contribution in [0.3, 0.4) is 0 Å². The third-order valence-electron chi connectivity index (χ3n) is 12.2. The fraction of sp³-hybridized carbons (Fsp3) is 0.944. The Morgan fingerprint density at radius 1 is 0.317 bits per heavy atom. The molecule has 0 aromatic rings. The lowest BCUT2D eigenvalue weighted by Crippen LogP contribution is -2.30. The zero-order valence-electron chi connectivity index (χ0n) is 41.1. The van der Waals surface area contributed by atoms with Gasteiger partial charge in [0.05, 0.1) is 0 Å². The van der Waals surface area contributed by atoms with Gasteiger partial charge in [-0.15, -0.1) is 0 Å². The Bertz CT molecular complexity index is 916. The topological polar surface area (TPSA) is 78.9 Å². The second-order valence-corrected chi connectivity index (χ2v) is 19.5. The first-order chi connectivity index (χ1) is 29.2. The summed E-state index contributed by atoms with van der Waals surface area (Å²) in [6, 6.07) is 0. The van der Waals surface area contributed by atoms with Crippen molar-refractivity contribution in [1.82, 2.24) is 0 Å². The molecule has 0 amide bonds. The van der Waals surface area contributed by atoms with Gasteiger partial charge in [-0.2, -0.15) is 0 Å². The van der Waals surface area contributed by atoms with E-state index in [9.17, 15) is 14.4 Å². The van der Waals surface area contributed by atoms with Crippen molar-refractivity contribution in [3.8, 4) is 0 Å². The van der Waals surface area contributed by atoms with Crippen molar-refractivity contribution in [3.63, 3.8) is 0 Å². The molecule has 60 heavy (non-hydrogen) atoms. The SMILES string of the molecule is CCCCCCCCCCCCCCCCCCCC(=O)O[C@@H](COC(=O)CCCCCCCCCCCCCC(C)C)COC(=O)CCCCCCCCCCC(C)C. The number of carbonyl (C=O) groups excluding carboxylic acids is 3. The third kappa shape index (κ3) is 47.5. The molecule has 6 heteroatoms. The molecular weight excluding hydrogens is 745 g/mol. The van der Waals surface area contributed by atoms with Crippen LogP contribution in [-0.2, 0) is 28.6 Å². The second kappa shape index (κ2) is 46.9. The van der Waals surface area contributed by atoms with Crippen LogP contribution in [-0.4, -0.2) is 37.2 Å². The zero-order chi connectivity index (χ0) is 44.0. The Labute approximate surface area is 374 Å². The minimum Gasteiger partial charge on any atom is -0.462 e. The summed E-state index contributed by atoms with van der Waals surface area (Å²) in [6.07, 6.45) is 48.1. The van der Waals surface area contributed by atoms with E-state index >= 15 is 0 Å². The van der Waals surface area contributed by atoms with E-state index in [1.165, 1.54) is 186 Å². The maximum atomic E-state index is 12.8. The van der Waals surface area contributed by atoms with E-state index in [0.717, 1.165) is 69.6 Å². The molecule has 0 rings (SSSR count). The van der Waals surface area contributed by atoms with Gasteiger partial charge < -0.3 is 14.2 Å². The highest BCUT2D eigenvalue weighted by molar-refractivity contribution is 5.71. The average Bonchev–Trinajstić information content (AvgIpc) is 3.22. The first-order valence-electron chi connectivity index (χ1n) is 26.7. The largest absolute Gasteiger partial charge is 0.462 e. The zero-order valence-corrected chi connectivity index (χ0v) is 41.1. The molecule has 0 aliphatic rings. The fourth-order valence-electron chi connectivity index (χ4n) is 8.17. The minimum atomic E-state index is -0.762. The van der Waals surface area contributed by atoms with Crippen LogP contribution < -0.4 is 0 Å². The van der Waals surface area contributed by atoms with E-state index < -0.39 is 6.10 Å². The molecule has 0 bridgehead atoms. The Balaban J connectivity index is 4.29. The van der Waals surface area contributed by atoms with Crippen LogP contribution in [0.15, 0.2) is 0 Å². The summed E-state index contributed by atoms with van der Waals surface area (Å²) in [5.41, 5.74) is 0. The van der Waals surface area contributed by atoms with Crippen LogP contribution in [0.5, 0.6) is 0 Å². The van der Waals surface area contributed by atoms with E-state index in [-0.39, 0.29) is 31.1 Å². The highest BCUT2D eigenvalue weighted by atomic mass is 16.6. The van der Waals surface area contributed by atoms with Gasteiger partial charge in [0, 0.05) is 19.3 Å². The van der Waals surface area contributed by atoms with E-state index in [1.807, 2.05) is 0 Å². The monoisotopic (exact) mass is 849 g/mol. The number of ether oxygens (including phenoxy) is 3. The number of rotatable bonds is 48. The van der Waals surface area contributed by atoms with Crippen molar-refractivity contribution in [1.29, 1.82) is 0 Å². The van der Waals surface area contributed by atoms with Gasteiger partial charge in [-0.05, 0) is 31.1 Å². The molecule has 0 spiro atoms. The lowest BCUT2D eigenvalue weighted by Gasteiger charge is -2.18.